The molecule has 34 heavy (non-hydrogen) atoms. The van der Waals surface area contributed by atoms with Gasteiger partial charge in [0.1, 0.15) is 0 Å². The smallest absolute Gasteiger partial charge is 0.0809 e. The Morgan fingerprint density at radius 3 is 1.09 bits per heavy atom. The molecule has 0 amide bonds. The first-order valence-electron chi connectivity index (χ1n) is 10.2. The number of hydrogen-bond acceptors (Lipinski definition) is 0. The Morgan fingerprint density at radius 1 is 0.471 bits per heavy atom. The molecule has 0 nitrogen and oxygen atoms in total. The quantitative estimate of drug-likeness (QED) is 0.135. The fraction of sp³-hybridized carbons (Fsp3) is 0. The van der Waals surface area contributed by atoms with Crippen molar-refractivity contribution in [3.63, 3.8) is 0 Å². The number of hydrogen-bond donors (Lipinski definition) is 0. The summed E-state index contributed by atoms with van der Waals surface area (Å²) in [5.41, 5.74) is 0. The molecule has 0 N–H and O–H groups in total. The monoisotopic (exact) mass is 532 g/mol. The van der Waals surface area contributed by atoms with Crippen LogP contribution in [0.5, 0.6) is 0 Å². The fourth-order valence-electron chi connectivity index (χ4n) is 2.82. The Bertz CT molecular complexity index is 996. The van der Waals surface area contributed by atoms with Gasteiger partial charge in [-0.05, 0) is 0 Å². The molecule has 0 atom stereocenters. The van der Waals surface area contributed by atoms with Crippen LogP contribution in [-0.2, 0) is 23.3 Å². The zero-order valence-corrected chi connectivity index (χ0v) is 23.3. The van der Waals surface area contributed by atoms with Gasteiger partial charge in [0.15, 0.2) is 0 Å². The molecule has 0 bridgehead atoms. The summed E-state index contributed by atoms with van der Waals surface area (Å²) < 4.78 is 0. The molecule has 2 heteroatoms. The van der Waals surface area contributed by atoms with Crippen molar-refractivity contribution >= 4 is 28.4 Å². The molecule has 0 aromatic heterocycles. The van der Waals surface area contributed by atoms with E-state index in [-0.39, 0.29) is 14.9 Å². The van der Waals surface area contributed by atoms with Crippen molar-refractivity contribution in [1.82, 2.24) is 0 Å². The van der Waals surface area contributed by atoms with Crippen molar-refractivity contribution in [2.75, 3.05) is 0 Å². The van der Waals surface area contributed by atoms with Crippen LogP contribution in [0.25, 0.3) is 21.5 Å². The van der Waals surface area contributed by atoms with Crippen LogP contribution in [0.3, 0.4) is 0 Å². The predicted molar refractivity (Wildman–Crippen MR) is 148 cm³/mol. The van der Waals surface area contributed by atoms with Crippen molar-refractivity contribution in [2.24, 2.45) is 0 Å². The van der Waals surface area contributed by atoms with Crippen molar-refractivity contribution in [2.45, 2.75) is 0 Å². The van der Waals surface area contributed by atoms with Crippen molar-refractivity contribution in [3.05, 3.63) is 173 Å². The van der Waals surface area contributed by atoms with E-state index >= 15 is 0 Å². The van der Waals surface area contributed by atoms with Gasteiger partial charge < -0.3 is 14.9 Å². The second-order valence-electron chi connectivity index (χ2n) is 6.46. The maximum Gasteiger partial charge on any atom is -0.0809 e. The third-order valence-corrected chi connectivity index (χ3v) is 4.31. The summed E-state index contributed by atoms with van der Waals surface area (Å²) >= 11 is 1.36. The summed E-state index contributed by atoms with van der Waals surface area (Å²) in [5, 5.41) is 5.32. The molecule has 0 fully saturated rings. The molecule has 0 heterocycles. The van der Waals surface area contributed by atoms with Crippen LogP contribution in [-0.4, -0.2) is 6.88 Å². The molecule has 6 aromatic rings. The Kier molecular flexibility index (Phi) is 19.1. The molecule has 0 spiro atoms. The van der Waals surface area contributed by atoms with Gasteiger partial charge in [-0.25, -0.2) is 0 Å². The number of fused-ring (bicyclic) bond motifs is 2. The zero-order valence-electron chi connectivity index (χ0n) is 19.9. The second-order valence-corrected chi connectivity index (χ2v) is 6.46. The van der Waals surface area contributed by atoms with Crippen LogP contribution in [0.4, 0.5) is 0 Å². The van der Waals surface area contributed by atoms with Gasteiger partial charge in [-0.2, -0.15) is 108 Å². The standard InChI is InChI=1S/2C9H7.2C6H5.2CH3.Si.Zr/c2*1-2-5-9-7-3-6-8(9)4-1;2*1-2-4-6-5-3-1;;;;/h2*1-7H;2*1-5H;2*1H3;;/q6*-1;;. The summed E-state index contributed by atoms with van der Waals surface area (Å²) in [6.45, 7) is 3.06. The molecule has 0 saturated heterocycles. The molecule has 0 aliphatic heterocycles. The Balaban J connectivity index is 0.000000416. The minimum atomic E-state index is 0. The Morgan fingerprint density at radius 2 is 0.824 bits per heavy atom. The first-order valence-corrected chi connectivity index (χ1v) is 14.4. The van der Waals surface area contributed by atoms with Crippen LogP contribution >= 0.6 is 0 Å². The van der Waals surface area contributed by atoms with Crippen LogP contribution in [0.1, 0.15) is 0 Å². The SMILES string of the molecule is [CH3-].[CH3-].[Si]=[Zr].[c-]1ccccc1.[c-]1ccccc1.c1ccc2[cH-]ccc2c1.c1ccc2[cH-]ccc2c1. The summed E-state index contributed by atoms with van der Waals surface area (Å²) in [6.07, 6.45) is 0. The largest absolute Gasteiger partial charge is 0.184 e. The third kappa shape index (κ3) is 12.4. The first kappa shape index (κ1) is 31.2. The second kappa shape index (κ2) is 20.8. The van der Waals surface area contributed by atoms with Gasteiger partial charge in [0.2, 0.25) is 0 Å². The van der Waals surface area contributed by atoms with Crippen LogP contribution in [0.2, 0.25) is 0 Å². The van der Waals surface area contributed by atoms with Crippen molar-refractivity contribution in [1.29, 1.82) is 0 Å². The van der Waals surface area contributed by atoms with E-state index in [9.17, 15) is 0 Å². The van der Waals surface area contributed by atoms with Crippen molar-refractivity contribution in [3.8, 4) is 0 Å². The van der Waals surface area contributed by atoms with Crippen LogP contribution in [0, 0.1) is 27.0 Å². The van der Waals surface area contributed by atoms with Gasteiger partial charge in [0, 0.05) is 0 Å². The molecule has 6 aromatic carbocycles. The maximum atomic E-state index is 3.06. The third-order valence-electron chi connectivity index (χ3n) is 4.31. The Hall–Kier alpha value is -2.80. The first-order chi connectivity index (χ1) is 15.9. The normalized spacial score (nSPS) is 8.32. The molecule has 0 saturated carbocycles. The van der Waals surface area contributed by atoms with Gasteiger partial charge in [-0.3, -0.25) is 0 Å². The van der Waals surface area contributed by atoms with E-state index in [1.807, 2.05) is 60.7 Å². The van der Waals surface area contributed by atoms with E-state index in [2.05, 4.69) is 104 Å². The molecule has 0 unspecified atom stereocenters. The van der Waals surface area contributed by atoms with E-state index in [0.29, 0.717) is 0 Å². The molecular weight excluding hydrogens is 504 g/mol. The predicted octanol–water partition coefficient (Wildman–Crippen LogP) is 8.61. The van der Waals surface area contributed by atoms with E-state index in [0.717, 1.165) is 0 Å². The summed E-state index contributed by atoms with van der Waals surface area (Å²) in [6, 6.07) is 54.3. The molecule has 172 valence electrons. The van der Waals surface area contributed by atoms with E-state index in [4.69, 9.17) is 0 Å². The van der Waals surface area contributed by atoms with Gasteiger partial charge in [0.25, 0.3) is 0 Å². The molecule has 6 rings (SSSR count). The van der Waals surface area contributed by atoms with Gasteiger partial charge >= 0.3 is 30.2 Å². The van der Waals surface area contributed by atoms with E-state index in [1.165, 1.54) is 44.9 Å². The number of benzene rings is 4. The Labute approximate surface area is 223 Å². The minimum Gasteiger partial charge on any atom is -0.184 e. The molecule has 2 radical (unpaired) electrons. The van der Waals surface area contributed by atoms with Gasteiger partial charge in [0.05, 0.1) is 0 Å². The summed E-state index contributed by atoms with van der Waals surface area (Å²) in [7, 11) is 0. The van der Waals surface area contributed by atoms with Crippen LogP contribution in [0.15, 0.2) is 146 Å². The molecule has 0 aliphatic carbocycles. The average molecular weight is 534 g/mol. The van der Waals surface area contributed by atoms with Gasteiger partial charge in [-0.15, -0.1) is 59.3 Å². The minimum absolute atomic E-state index is 0. The summed E-state index contributed by atoms with van der Waals surface area (Å²) in [5.74, 6) is 0. The fourth-order valence-corrected chi connectivity index (χ4v) is 2.82. The maximum absolute atomic E-state index is 3.06. The molecular formula is C32H30SiZr-6. The zero-order chi connectivity index (χ0) is 22.7. The average Bonchev–Trinajstić information content (AvgIpc) is 3.58. The summed E-state index contributed by atoms with van der Waals surface area (Å²) in [4.78, 5) is 0. The van der Waals surface area contributed by atoms with E-state index < -0.39 is 0 Å². The topological polar surface area (TPSA) is 0 Å². The molecule has 0 aliphatic rings. The van der Waals surface area contributed by atoms with Crippen molar-refractivity contribution < 1.29 is 23.3 Å². The van der Waals surface area contributed by atoms with Gasteiger partial charge in [-0.1, -0.05) is 12.1 Å². The van der Waals surface area contributed by atoms with E-state index in [1.54, 1.807) is 0 Å². The van der Waals surface area contributed by atoms with Crippen LogP contribution < -0.4 is 0 Å². The number of rotatable bonds is 0.